The van der Waals surface area contributed by atoms with Gasteiger partial charge in [0.1, 0.15) is 11.5 Å². The topological polar surface area (TPSA) is 101 Å². The first-order valence-corrected chi connectivity index (χ1v) is 11.0. The minimum absolute atomic E-state index is 0.0316. The molecule has 3 rings (SSSR count). The largest absolute Gasteiger partial charge is 0.369 e. The van der Waals surface area contributed by atoms with E-state index in [0.29, 0.717) is 11.3 Å². The van der Waals surface area contributed by atoms with E-state index >= 15 is 0 Å². The third-order valence-electron chi connectivity index (χ3n) is 4.31. The molecule has 9 heteroatoms. The van der Waals surface area contributed by atoms with Crippen molar-refractivity contribution in [1.82, 2.24) is 5.32 Å². The maximum absolute atomic E-state index is 14.3. The number of benzene rings is 3. The Bertz CT molecular complexity index is 1180. The normalized spacial score (nSPS) is 11.0. The SMILES string of the molecule is NC(=O)CSc1ccc(NC(=O)/C(=C/c2c(F)cccc2Cl)NC(=O)c2ccccc2)cc1. The van der Waals surface area contributed by atoms with E-state index in [0.717, 1.165) is 4.90 Å². The lowest BCUT2D eigenvalue weighted by atomic mass is 10.1. The Kier molecular flexibility index (Phi) is 8.23. The molecule has 0 saturated carbocycles. The van der Waals surface area contributed by atoms with Gasteiger partial charge in [-0.25, -0.2) is 4.39 Å². The Hall–Kier alpha value is -3.62. The van der Waals surface area contributed by atoms with Crippen LogP contribution in [0.3, 0.4) is 0 Å². The first kappa shape index (κ1) is 24.0. The summed E-state index contributed by atoms with van der Waals surface area (Å²) in [5.41, 5.74) is 5.68. The van der Waals surface area contributed by atoms with Crippen molar-refractivity contribution in [3.8, 4) is 0 Å². The number of carbonyl (C=O) groups is 3. The monoisotopic (exact) mass is 483 g/mol. The number of carbonyl (C=O) groups excluding carboxylic acids is 3. The first-order valence-electron chi connectivity index (χ1n) is 9.68. The summed E-state index contributed by atoms with van der Waals surface area (Å²) >= 11 is 7.36. The molecule has 4 N–H and O–H groups in total. The lowest BCUT2D eigenvalue weighted by molar-refractivity contribution is -0.115. The van der Waals surface area contributed by atoms with Gasteiger partial charge in [0.25, 0.3) is 11.8 Å². The molecule has 0 unspecified atom stereocenters. The van der Waals surface area contributed by atoms with E-state index in [9.17, 15) is 18.8 Å². The average molecular weight is 484 g/mol. The van der Waals surface area contributed by atoms with Crippen molar-refractivity contribution in [2.75, 3.05) is 11.1 Å². The van der Waals surface area contributed by atoms with Crippen molar-refractivity contribution in [1.29, 1.82) is 0 Å². The van der Waals surface area contributed by atoms with E-state index in [1.807, 2.05) is 0 Å². The van der Waals surface area contributed by atoms with Gasteiger partial charge < -0.3 is 16.4 Å². The number of hydrogen-bond donors (Lipinski definition) is 3. The summed E-state index contributed by atoms with van der Waals surface area (Å²) in [4.78, 5) is 37.3. The van der Waals surface area contributed by atoms with E-state index in [1.165, 1.54) is 36.0 Å². The quantitative estimate of drug-likeness (QED) is 0.325. The van der Waals surface area contributed by atoms with Crippen LogP contribution in [0.1, 0.15) is 15.9 Å². The van der Waals surface area contributed by atoms with Gasteiger partial charge in [0.15, 0.2) is 0 Å². The van der Waals surface area contributed by atoms with Crippen LogP contribution >= 0.6 is 23.4 Å². The highest BCUT2D eigenvalue weighted by Gasteiger charge is 2.17. The summed E-state index contributed by atoms with van der Waals surface area (Å²) in [6.07, 6.45) is 1.19. The summed E-state index contributed by atoms with van der Waals surface area (Å²) in [6.45, 7) is 0. The van der Waals surface area contributed by atoms with Crippen molar-refractivity contribution < 1.29 is 18.8 Å². The third kappa shape index (κ3) is 6.93. The van der Waals surface area contributed by atoms with Crippen LogP contribution in [-0.2, 0) is 9.59 Å². The molecule has 3 aromatic carbocycles. The zero-order valence-corrected chi connectivity index (χ0v) is 18.8. The van der Waals surface area contributed by atoms with Gasteiger partial charge in [-0.3, -0.25) is 14.4 Å². The fourth-order valence-corrected chi connectivity index (χ4v) is 3.58. The Morgan fingerprint density at radius 1 is 0.970 bits per heavy atom. The smallest absolute Gasteiger partial charge is 0.272 e. The van der Waals surface area contributed by atoms with Crippen molar-refractivity contribution in [2.45, 2.75) is 4.90 Å². The second kappa shape index (κ2) is 11.3. The first-order chi connectivity index (χ1) is 15.8. The van der Waals surface area contributed by atoms with Crippen LogP contribution in [0.2, 0.25) is 5.02 Å². The predicted molar refractivity (Wildman–Crippen MR) is 128 cm³/mol. The number of anilines is 1. The molecule has 0 heterocycles. The zero-order valence-electron chi connectivity index (χ0n) is 17.2. The van der Waals surface area contributed by atoms with Crippen LogP contribution in [0.15, 0.2) is 83.4 Å². The lowest BCUT2D eigenvalue weighted by Gasteiger charge is -2.12. The van der Waals surface area contributed by atoms with Crippen LogP contribution in [0, 0.1) is 5.82 Å². The maximum Gasteiger partial charge on any atom is 0.272 e. The van der Waals surface area contributed by atoms with Crippen LogP contribution in [0.5, 0.6) is 0 Å². The van der Waals surface area contributed by atoms with E-state index in [1.54, 1.807) is 54.6 Å². The molecular formula is C24H19ClFN3O3S. The molecule has 6 nitrogen and oxygen atoms in total. The van der Waals surface area contributed by atoms with Crippen molar-refractivity contribution in [3.05, 3.63) is 100 Å². The van der Waals surface area contributed by atoms with Crippen LogP contribution in [0.25, 0.3) is 6.08 Å². The second-order valence-corrected chi connectivity index (χ2v) is 8.20. The number of nitrogens with two attached hydrogens (primary N) is 1. The predicted octanol–water partition coefficient (Wildman–Crippen LogP) is 4.47. The standard InChI is InChI=1S/C24H19ClFN3O3S/c25-19-7-4-8-20(26)18(19)13-21(29-23(31)15-5-2-1-3-6-15)24(32)28-16-9-11-17(12-10-16)33-14-22(27)30/h1-13H,14H2,(H2,27,30)(H,28,32)(H,29,31)/b21-13-. The molecule has 0 spiro atoms. The van der Waals surface area contributed by atoms with Gasteiger partial charge in [-0.15, -0.1) is 11.8 Å². The molecule has 0 aliphatic rings. The summed E-state index contributed by atoms with van der Waals surface area (Å²) in [5.74, 6) is -2.16. The van der Waals surface area contributed by atoms with E-state index in [-0.39, 0.29) is 22.0 Å². The fraction of sp³-hybridized carbons (Fsp3) is 0.0417. The third-order valence-corrected chi connectivity index (χ3v) is 5.67. The molecule has 0 aliphatic heterocycles. The number of rotatable bonds is 8. The van der Waals surface area contributed by atoms with Crippen LogP contribution in [0.4, 0.5) is 10.1 Å². The Labute approximate surface area is 199 Å². The fourth-order valence-electron chi connectivity index (χ4n) is 2.72. The number of nitrogens with one attached hydrogen (secondary N) is 2. The van der Waals surface area contributed by atoms with Crippen molar-refractivity contribution >= 4 is 52.8 Å². The molecule has 168 valence electrons. The van der Waals surface area contributed by atoms with Crippen LogP contribution < -0.4 is 16.4 Å². The van der Waals surface area contributed by atoms with E-state index < -0.39 is 23.5 Å². The number of hydrogen-bond acceptors (Lipinski definition) is 4. The molecule has 3 amide bonds. The van der Waals surface area contributed by atoms with E-state index in [4.69, 9.17) is 17.3 Å². The maximum atomic E-state index is 14.3. The summed E-state index contributed by atoms with van der Waals surface area (Å²) < 4.78 is 14.3. The molecule has 0 saturated heterocycles. The molecule has 0 bridgehead atoms. The van der Waals surface area contributed by atoms with Crippen molar-refractivity contribution in [3.63, 3.8) is 0 Å². The Morgan fingerprint density at radius 3 is 2.30 bits per heavy atom. The summed E-state index contributed by atoms with van der Waals surface area (Å²) in [6, 6.07) is 19.1. The van der Waals surface area contributed by atoms with Crippen LogP contribution in [-0.4, -0.2) is 23.5 Å². The van der Waals surface area contributed by atoms with Gasteiger partial charge in [0.05, 0.1) is 10.8 Å². The summed E-state index contributed by atoms with van der Waals surface area (Å²) in [5, 5.41) is 5.28. The number of amides is 3. The Morgan fingerprint density at radius 2 is 1.67 bits per heavy atom. The minimum Gasteiger partial charge on any atom is -0.369 e. The van der Waals surface area contributed by atoms with Crippen molar-refractivity contribution in [2.24, 2.45) is 5.73 Å². The molecule has 0 radical (unpaired) electrons. The molecule has 0 aromatic heterocycles. The molecule has 0 atom stereocenters. The number of halogens is 2. The van der Waals surface area contributed by atoms with Gasteiger partial charge >= 0.3 is 0 Å². The lowest BCUT2D eigenvalue weighted by Crippen LogP contribution is -2.30. The highest BCUT2D eigenvalue weighted by Crippen LogP contribution is 2.23. The molecule has 0 aliphatic carbocycles. The average Bonchev–Trinajstić information content (AvgIpc) is 2.80. The molecule has 33 heavy (non-hydrogen) atoms. The number of thioether (sulfide) groups is 1. The zero-order chi connectivity index (χ0) is 23.8. The minimum atomic E-state index is -0.670. The van der Waals surface area contributed by atoms with Gasteiger partial charge in [-0.05, 0) is 54.6 Å². The summed E-state index contributed by atoms with van der Waals surface area (Å²) in [7, 11) is 0. The van der Waals surface area contributed by atoms with E-state index in [2.05, 4.69) is 10.6 Å². The Balaban J connectivity index is 1.85. The highest BCUT2D eigenvalue weighted by molar-refractivity contribution is 8.00. The van der Waals surface area contributed by atoms with Gasteiger partial charge in [0.2, 0.25) is 5.91 Å². The molecule has 3 aromatic rings. The molecular weight excluding hydrogens is 465 g/mol. The van der Waals surface area contributed by atoms with Gasteiger partial charge in [-0.1, -0.05) is 35.9 Å². The number of primary amides is 1. The van der Waals surface area contributed by atoms with Gasteiger partial charge in [-0.2, -0.15) is 0 Å². The van der Waals surface area contributed by atoms with Gasteiger partial charge in [0, 0.05) is 21.7 Å². The molecule has 0 fully saturated rings. The second-order valence-electron chi connectivity index (χ2n) is 6.75. The highest BCUT2D eigenvalue weighted by atomic mass is 35.5.